The molecule has 0 fully saturated rings. The fraction of sp³-hybridized carbons (Fsp3) is 0.226. The second-order valence-electron chi connectivity index (χ2n) is 9.90. The van der Waals surface area contributed by atoms with Crippen molar-refractivity contribution >= 4 is 37.5 Å². The Morgan fingerprint density at radius 2 is 1.27 bits per heavy atom. The summed E-state index contributed by atoms with van der Waals surface area (Å²) < 4.78 is 31.5. The van der Waals surface area contributed by atoms with Crippen LogP contribution in [0.25, 0.3) is 21.8 Å². The molecule has 0 saturated heterocycles. The second kappa shape index (κ2) is 9.69. The van der Waals surface area contributed by atoms with Crippen molar-refractivity contribution in [3.05, 3.63) is 107 Å². The van der Waals surface area contributed by atoms with E-state index in [1.807, 2.05) is 76.2 Å². The summed E-state index contributed by atoms with van der Waals surface area (Å²) >= 11 is 0. The zero-order valence-electron chi connectivity index (χ0n) is 21.6. The first-order valence-corrected chi connectivity index (χ1v) is 13.9. The predicted octanol–water partition coefficient (Wildman–Crippen LogP) is 6.28. The summed E-state index contributed by atoms with van der Waals surface area (Å²) in [6.07, 6.45) is -0.945. The first-order chi connectivity index (χ1) is 17.7. The summed E-state index contributed by atoms with van der Waals surface area (Å²) in [5.41, 5.74) is 6.41. The van der Waals surface area contributed by atoms with Gasteiger partial charge in [-0.25, -0.2) is 8.42 Å². The normalized spacial score (nSPS) is 12.8. The van der Waals surface area contributed by atoms with Gasteiger partial charge in [0.05, 0.1) is 29.8 Å². The molecule has 0 amide bonds. The zero-order valence-corrected chi connectivity index (χ0v) is 22.5. The number of hydrogen-bond donors (Lipinski definition) is 1. The van der Waals surface area contributed by atoms with Crippen LogP contribution < -0.4 is 4.31 Å². The maximum Gasteiger partial charge on any atom is 0.264 e. The molecule has 0 aliphatic heterocycles. The Morgan fingerprint density at radius 1 is 0.757 bits per heavy atom. The predicted molar refractivity (Wildman–Crippen MR) is 152 cm³/mol. The number of benzene rings is 4. The lowest BCUT2D eigenvalue weighted by molar-refractivity contribution is 0.166. The number of nitrogens with zero attached hydrogens (tertiary/aromatic N) is 2. The summed E-state index contributed by atoms with van der Waals surface area (Å²) in [7, 11) is -3.92. The summed E-state index contributed by atoms with van der Waals surface area (Å²) in [6.45, 7) is 7.97. The number of aromatic nitrogens is 1. The summed E-state index contributed by atoms with van der Waals surface area (Å²) in [6, 6.07) is 27.1. The van der Waals surface area contributed by atoms with Gasteiger partial charge < -0.3 is 9.67 Å². The number of para-hydroxylation sites is 2. The van der Waals surface area contributed by atoms with Crippen LogP contribution in [0.4, 0.5) is 5.69 Å². The largest absolute Gasteiger partial charge is 0.389 e. The van der Waals surface area contributed by atoms with Gasteiger partial charge in [-0.15, -0.1) is 0 Å². The molecular weight excluding hydrogens is 480 g/mol. The average molecular weight is 513 g/mol. The number of hydrogen-bond acceptors (Lipinski definition) is 3. The fourth-order valence-corrected chi connectivity index (χ4v) is 7.00. The summed E-state index contributed by atoms with van der Waals surface area (Å²) in [4.78, 5) is 0.210. The van der Waals surface area contributed by atoms with Gasteiger partial charge in [-0.3, -0.25) is 4.31 Å². The van der Waals surface area contributed by atoms with Crippen LogP contribution >= 0.6 is 0 Å². The van der Waals surface area contributed by atoms with Crippen molar-refractivity contribution < 1.29 is 13.5 Å². The Morgan fingerprint density at radius 3 is 1.81 bits per heavy atom. The van der Waals surface area contributed by atoms with Gasteiger partial charge in [-0.1, -0.05) is 71.8 Å². The molecule has 6 heteroatoms. The maximum atomic E-state index is 14.0. The molecule has 0 bridgehead atoms. The molecule has 0 saturated carbocycles. The molecule has 0 spiro atoms. The van der Waals surface area contributed by atoms with Gasteiger partial charge >= 0.3 is 0 Å². The van der Waals surface area contributed by atoms with Crippen molar-refractivity contribution in [1.82, 2.24) is 4.57 Å². The number of sulfonamides is 1. The smallest absolute Gasteiger partial charge is 0.264 e. The van der Waals surface area contributed by atoms with E-state index in [1.54, 1.807) is 24.3 Å². The first-order valence-electron chi connectivity index (χ1n) is 12.5. The maximum absolute atomic E-state index is 14.0. The van der Waals surface area contributed by atoms with Crippen LogP contribution in [0.15, 0.2) is 89.8 Å². The van der Waals surface area contributed by atoms with E-state index in [4.69, 9.17) is 0 Å². The van der Waals surface area contributed by atoms with Gasteiger partial charge in [0.2, 0.25) is 0 Å². The molecule has 5 nitrogen and oxygen atoms in total. The minimum Gasteiger partial charge on any atom is -0.389 e. The van der Waals surface area contributed by atoms with Crippen LogP contribution in [0.3, 0.4) is 0 Å². The molecular formula is C31H32N2O3S. The van der Waals surface area contributed by atoms with Gasteiger partial charge in [-0.05, 0) is 63.1 Å². The standard InChI is InChI=1S/C31H32N2O3S/c1-21-13-15-26(16-14-21)37(35,36)33(31-23(3)17-22(2)18-24(31)4)20-25(34)19-32-29-11-7-5-9-27(29)28-10-6-8-12-30(28)32/h5-18,25,34H,19-20H2,1-4H3. The third kappa shape index (κ3) is 4.63. The van der Waals surface area contributed by atoms with E-state index in [1.165, 1.54) is 4.31 Å². The molecule has 0 aliphatic carbocycles. The second-order valence-corrected chi connectivity index (χ2v) is 11.8. The molecule has 0 radical (unpaired) electrons. The molecule has 0 aliphatic rings. The zero-order chi connectivity index (χ0) is 26.3. The minimum atomic E-state index is -3.92. The van der Waals surface area contributed by atoms with Crippen LogP contribution in [0.2, 0.25) is 0 Å². The van der Waals surface area contributed by atoms with Crippen LogP contribution in [-0.2, 0) is 16.6 Å². The molecule has 5 rings (SSSR count). The van der Waals surface area contributed by atoms with Crippen LogP contribution in [0.1, 0.15) is 22.3 Å². The van der Waals surface area contributed by atoms with Crippen LogP contribution in [0, 0.1) is 27.7 Å². The molecule has 37 heavy (non-hydrogen) atoms. The third-order valence-electron chi connectivity index (χ3n) is 6.94. The monoisotopic (exact) mass is 512 g/mol. The first kappa shape index (κ1) is 25.1. The van der Waals surface area contributed by atoms with E-state index in [0.29, 0.717) is 5.69 Å². The van der Waals surface area contributed by atoms with Crippen LogP contribution in [-0.4, -0.2) is 30.7 Å². The Kier molecular flexibility index (Phi) is 6.56. The molecule has 1 unspecified atom stereocenters. The number of aryl methyl sites for hydroxylation is 4. The van der Waals surface area contributed by atoms with Crippen molar-refractivity contribution in [2.24, 2.45) is 0 Å². The van der Waals surface area contributed by atoms with Gasteiger partial charge in [0, 0.05) is 21.8 Å². The molecule has 1 N–H and O–H groups in total. The quantitative estimate of drug-likeness (QED) is 0.279. The third-order valence-corrected chi connectivity index (χ3v) is 8.72. The molecule has 1 atom stereocenters. The SMILES string of the molecule is Cc1ccc(S(=O)(=O)N(CC(O)Cn2c3ccccc3c3ccccc32)c2c(C)cc(C)cc2C)cc1. The van der Waals surface area contributed by atoms with Crippen molar-refractivity contribution in [2.75, 3.05) is 10.8 Å². The lowest BCUT2D eigenvalue weighted by Crippen LogP contribution is -2.40. The molecule has 5 aromatic rings. The average Bonchev–Trinajstić information content (AvgIpc) is 3.17. The highest BCUT2D eigenvalue weighted by Crippen LogP contribution is 2.33. The number of aliphatic hydroxyl groups excluding tert-OH is 1. The number of aliphatic hydroxyl groups is 1. The van der Waals surface area contributed by atoms with E-state index < -0.39 is 16.1 Å². The number of fused-ring (bicyclic) bond motifs is 3. The topological polar surface area (TPSA) is 62.5 Å². The Labute approximate surface area is 218 Å². The van der Waals surface area contributed by atoms with Crippen molar-refractivity contribution in [3.63, 3.8) is 0 Å². The van der Waals surface area contributed by atoms with E-state index >= 15 is 0 Å². The molecule has 1 aromatic heterocycles. The Balaban J connectivity index is 1.58. The van der Waals surface area contributed by atoms with Gasteiger partial charge in [-0.2, -0.15) is 0 Å². The van der Waals surface area contributed by atoms with Gasteiger partial charge in [0.25, 0.3) is 10.0 Å². The lowest BCUT2D eigenvalue weighted by atomic mass is 10.0. The van der Waals surface area contributed by atoms with E-state index in [0.717, 1.165) is 44.1 Å². The summed E-state index contributed by atoms with van der Waals surface area (Å²) in [5.74, 6) is 0. The number of anilines is 1. The lowest BCUT2D eigenvalue weighted by Gasteiger charge is -2.30. The fourth-order valence-electron chi connectivity index (χ4n) is 5.37. The highest BCUT2D eigenvalue weighted by Gasteiger charge is 2.30. The Bertz CT molecular complexity index is 1630. The highest BCUT2D eigenvalue weighted by molar-refractivity contribution is 7.92. The molecule has 190 valence electrons. The Hall–Kier alpha value is -3.61. The van der Waals surface area contributed by atoms with Crippen molar-refractivity contribution in [1.29, 1.82) is 0 Å². The highest BCUT2D eigenvalue weighted by atomic mass is 32.2. The van der Waals surface area contributed by atoms with Crippen LogP contribution in [0.5, 0.6) is 0 Å². The number of rotatable bonds is 7. The van der Waals surface area contributed by atoms with Crippen molar-refractivity contribution in [2.45, 2.75) is 45.2 Å². The van der Waals surface area contributed by atoms with E-state index in [2.05, 4.69) is 16.7 Å². The molecule has 1 heterocycles. The summed E-state index contributed by atoms with van der Waals surface area (Å²) in [5, 5.41) is 13.7. The van der Waals surface area contributed by atoms with Gasteiger partial charge in [0.15, 0.2) is 0 Å². The minimum absolute atomic E-state index is 0.0677. The van der Waals surface area contributed by atoms with E-state index in [-0.39, 0.29) is 18.0 Å². The van der Waals surface area contributed by atoms with Crippen molar-refractivity contribution in [3.8, 4) is 0 Å². The molecule has 4 aromatic carbocycles. The van der Waals surface area contributed by atoms with Gasteiger partial charge in [0.1, 0.15) is 0 Å². The van der Waals surface area contributed by atoms with E-state index in [9.17, 15) is 13.5 Å².